The molecule has 2 aromatic carbocycles. The lowest BCUT2D eigenvalue weighted by Gasteiger charge is -2.32. The monoisotopic (exact) mass is 412 g/mol. The van der Waals surface area contributed by atoms with E-state index in [9.17, 15) is 14.7 Å². The molecule has 0 bridgehead atoms. The molecule has 7 nitrogen and oxygen atoms in total. The van der Waals surface area contributed by atoms with Crippen LogP contribution in [-0.2, 0) is 22.4 Å². The molecule has 0 aliphatic rings. The van der Waals surface area contributed by atoms with Crippen LogP contribution < -0.4 is 17.2 Å². The van der Waals surface area contributed by atoms with Crippen LogP contribution in [0.3, 0.4) is 0 Å². The van der Waals surface area contributed by atoms with Crippen LogP contribution in [0.1, 0.15) is 29.2 Å². The van der Waals surface area contributed by atoms with Crippen molar-refractivity contribution in [3.05, 3.63) is 64.7 Å². The van der Waals surface area contributed by atoms with Gasteiger partial charge in [0.25, 0.3) is 0 Å². The normalized spacial score (nSPS) is 14.0. The summed E-state index contributed by atoms with van der Waals surface area (Å²) in [6.45, 7) is 5.47. The number of nitrogens with zero attached hydrogens (tertiary/aromatic N) is 1. The van der Waals surface area contributed by atoms with Gasteiger partial charge in [0, 0.05) is 12.6 Å². The first-order chi connectivity index (χ1) is 14.1. The van der Waals surface area contributed by atoms with Gasteiger partial charge in [-0.3, -0.25) is 9.59 Å². The molecule has 0 spiro atoms. The first kappa shape index (κ1) is 23.4. The average Bonchev–Trinajstić information content (AvgIpc) is 2.68. The van der Waals surface area contributed by atoms with Crippen molar-refractivity contribution < 1.29 is 14.7 Å². The molecule has 0 fully saturated rings. The largest absolute Gasteiger partial charge is 0.508 e. The highest BCUT2D eigenvalue weighted by Gasteiger charge is 2.30. The third kappa shape index (κ3) is 6.05. The van der Waals surface area contributed by atoms with Gasteiger partial charge in [-0.1, -0.05) is 30.3 Å². The number of phenolic OH excluding ortho intramolecular Hbond substituents is 1. The summed E-state index contributed by atoms with van der Waals surface area (Å²) >= 11 is 0. The minimum atomic E-state index is -0.863. The highest BCUT2D eigenvalue weighted by molar-refractivity contribution is 5.89. The fourth-order valence-electron chi connectivity index (χ4n) is 3.64. The number of rotatable bonds is 9. The third-order valence-corrected chi connectivity index (χ3v) is 5.36. The lowest BCUT2D eigenvalue weighted by atomic mass is 9.95. The fraction of sp³-hybridized carbons (Fsp3) is 0.391. The maximum Gasteiger partial charge on any atom is 0.240 e. The van der Waals surface area contributed by atoms with Crippen molar-refractivity contribution in [2.24, 2.45) is 17.2 Å². The van der Waals surface area contributed by atoms with Crippen molar-refractivity contribution in [1.29, 1.82) is 0 Å². The molecule has 0 aliphatic carbocycles. The molecule has 0 aliphatic heterocycles. The molecule has 0 heterocycles. The second-order valence-corrected chi connectivity index (χ2v) is 7.89. The van der Waals surface area contributed by atoms with Gasteiger partial charge in [-0.05, 0) is 68.0 Å². The van der Waals surface area contributed by atoms with Crippen LogP contribution >= 0.6 is 0 Å². The number of primary amides is 1. The Morgan fingerprint density at radius 2 is 1.60 bits per heavy atom. The van der Waals surface area contributed by atoms with Crippen molar-refractivity contribution in [1.82, 2.24) is 4.90 Å². The molecule has 162 valence electrons. The van der Waals surface area contributed by atoms with Gasteiger partial charge in [0.05, 0.1) is 6.04 Å². The quantitative estimate of drug-likeness (QED) is 0.490. The van der Waals surface area contributed by atoms with E-state index in [0.29, 0.717) is 6.42 Å². The van der Waals surface area contributed by atoms with Gasteiger partial charge in [-0.15, -0.1) is 0 Å². The molecule has 2 amide bonds. The first-order valence-corrected chi connectivity index (χ1v) is 10.0. The highest BCUT2D eigenvalue weighted by atomic mass is 16.3. The number of hydrogen-bond donors (Lipinski definition) is 4. The lowest BCUT2D eigenvalue weighted by molar-refractivity contribution is -0.140. The maximum atomic E-state index is 13.2. The molecule has 7 heteroatoms. The second kappa shape index (κ2) is 10.2. The third-order valence-electron chi connectivity index (χ3n) is 5.36. The summed E-state index contributed by atoms with van der Waals surface area (Å²) in [5, 5.41) is 9.73. The van der Waals surface area contributed by atoms with E-state index in [-0.39, 0.29) is 30.7 Å². The molecule has 2 rings (SSSR count). The Morgan fingerprint density at radius 3 is 2.13 bits per heavy atom. The van der Waals surface area contributed by atoms with E-state index in [2.05, 4.69) is 0 Å². The van der Waals surface area contributed by atoms with Crippen LogP contribution in [0.25, 0.3) is 0 Å². The topological polar surface area (TPSA) is 136 Å². The summed E-state index contributed by atoms with van der Waals surface area (Å²) in [4.78, 5) is 26.4. The van der Waals surface area contributed by atoms with Crippen LogP contribution in [0.2, 0.25) is 0 Å². The number of phenols is 1. The summed E-state index contributed by atoms with van der Waals surface area (Å²) in [6, 6.07) is 10.9. The number of benzene rings is 2. The Kier molecular flexibility index (Phi) is 7.97. The van der Waals surface area contributed by atoms with Crippen molar-refractivity contribution in [2.45, 2.75) is 51.7 Å². The summed E-state index contributed by atoms with van der Waals surface area (Å²) in [5.41, 5.74) is 21.7. The molecule has 2 aromatic rings. The Bertz CT molecular complexity index is 862. The van der Waals surface area contributed by atoms with Crippen molar-refractivity contribution in [3.8, 4) is 5.75 Å². The van der Waals surface area contributed by atoms with E-state index in [1.807, 2.05) is 44.2 Å². The van der Waals surface area contributed by atoms with E-state index in [0.717, 1.165) is 22.3 Å². The summed E-state index contributed by atoms with van der Waals surface area (Å²) in [5.74, 6) is -0.819. The molecular formula is C23H32N4O3. The average molecular weight is 413 g/mol. The maximum absolute atomic E-state index is 13.2. The second-order valence-electron chi connectivity index (χ2n) is 7.89. The van der Waals surface area contributed by atoms with Crippen LogP contribution in [0.15, 0.2) is 42.5 Å². The van der Waals surface area contributed by atoms with Crippen LogP contribution in [0, 0.1) is 13.8 Å². The van der Waals surface area contributed by atoms with E-state index in [1.54, 1.807) is 19.1 Å². The van der Waals surface area contributed by atoms with Crippen molar-refractivity contribution >= 4 is 11.8 Å². The van der Waals surface area contributed by atoms with E-state index >= 15 is 0 Å². The number of amides is 2. The van der Waals surface area contributed by atoms with E-state index in [4.69, 9.17) is 17.2 Å². The standard InChI is InChI=1S/C23H32N4O3/c1-14-9-19(28)10-15(2)20(14)12-21(25)23(30)27(16(3)22(26)29)13-18(24)11-17-7-5-4-6-8-17/h4-10,16,18,21,28H,11-13,24-25H2,1-3H3,(H2,26,29)/t16-,18+,21+/m1/s1. The Balaban J connectivity index is 2.17. The summed E-state index contributed by atoms with van der Waals surface area (Å²) in [6.07, 6.45) is 0.841. The van der Waals surface area contributed by atoms with Gasteiger partial charge in [0.1, 0.15) is 11.8 Å². The SMILES string of the molecule is Cc1cc(O)cc(C)c1C[C@H](N)C(=O)N(C[C@@H](N)Cc1ccccc1)[C@H](C)C(N)=O. The Hall–Kier alpha value is -2.90. The smallest absolute Gasteiger partial charge is 0.240 e. The number of aryl methyl sites for hydroxylation is 2. The molecule has 7 N–H and O–H groups in total. The van der Waals surface area contributed by atoms with E-state index < -0.39 is 18.0 Å². The van der Waals surface area contributed by atoms with Crippen LogP contribution in [-0.4, -0.2) is 46.5 Å². The predicted octanol–water partition coefficient (Wildman–Crippen LogP) is 1.15. The van der Waals surface area contributed by atoms with Crippen molar-refractivity contribution in [2.75, 3.05) is 6.54 Å². The molecule has 3 atom stereocenters. The molecule has 0 radical (unpaired) electrons. The van der Waals surface area contributed by atoms with Gasteiger partial charge in [0.15, 0.2) is 0 Å². The highest BCUT2D eigenvalue weighted by Crippen LogP contribution is 2.22. The van der Waals surface area contributed by atoms with Gasteiger partial charge < -0.3 is 27.2 Å². The van der Waals surface area contributed by atoms with E-state index in [1.165, 1.54) is 4.90 Å². The first-order valence-electron chi connectivity index (χ1n) is 10.0. The molecule has 30 heavy (non-hydrogen) atoms. The number of carbonyl (C=O) groups excluding carboxylic acids is 2. The number of hydrogen-bond acceptors (Lipinski definition) is 5. The fourth-order valence-corrected chi connectivity index (χ4v) is 3.64. The number of aromatic hydroxyl groups is 1. The molecule has 0 saturated heterocycles. The zero-order chi connectivity index (χ0) is 22.4. The van der Waals surface area contributed by atoms with Gasteiger partial charge in [-0.25, -0.2) is 0 Å². The minimum absolute atomic E-state index is 0.166. The summed E-state index contributed by atoms with van der Waals surface area (Å²) < 4.78 is 0. The number of nitrogens with two attached hydrogens (primary N) is 3. The molecular weight excluding hydrogens is 380 g/mol. The van der Waals surface area contributed by atoms with Gasteiger partial charge in [-0.2, -0.15) is 0 Å². The van der Waals surface area contributed by atoms with Gasteiger partial charge in [0.2, 0.25) is 11.8 Å². The van der Waals surface area contributed by atoms with Crippen molar-refractivity contribution in [3.63, 3.8) is 0 Å². The summed E-state index contributed by atoms with van der Waals surface area (Å²) in [7, 11) is 0. The minimum Gasteiger partial charge on any atom is -0.508 e. The number of carbonyl (C=O) groups is 2. The molecule has 0 aromatic heterocycles. The Morgan fingerprint density at radius 1 is 1.03 bits per heavy atom. The molecule has 0 saturated carbocycles. The zero-order valence-corrected chi connectivity index (χ0v) is 17.8. The molecule has 0 unspecified atom stereocenters. The van der Waals surface area contributed by atoms with Crippen LogP contribution in [0.4, 0.5) is 0 Å². The van der Waals surface area contributed by atoms with Crippen LogP contribution in [0.5, 0.6) is 5.75 Å². The Labute approximate surface area is 177 Å². The zero-order valence-electron chi connectivity index (χ0n) is 17.8. The predicted molar refractivity (Wildman–Crippen MR) is 118 cm³/mol. The lowest BCUT2D eigenvalue weighted by Crippen LogP contribution is -2.56. The van der Waals surface area contributed by atoms with Gasteiger partial charge >= 0.3 is 0 Å².